The Morgan fingerprint density at radius 3 is 2.66 bits per heavy atom. The molecule has 0 saturated carbocycles. The summed E-state index contributed by atoms with van der Waals surface area (Å²) in [4.78, 5) is 40.6. The number of amides is 1. The van der Waals surface area contributed by atoms with E-state index in [1.807, 2.05) is 0 Å². The molecule has 228 valence electrons. The summed E-state index contributed by atoms with van der Waals surface area (Å²) in [5.74, 6) is 0.920. The summed E-state index contributed by atoms with van der Waals surface area (Å²) < 4.78 is 57.1. The van der Waals surface area contributed by atoms with Crippen molar-refractivity contribution < 1.29 is 31.9 Å². The van der Waals surface area contributed by atoms with Gasteiger partial charge in [0, 0.05) is 55.9 Å². The van der Waals surface area contributed by atoms with Crippen LogP contribution in [0.1, 0.15) is 57.0 Å². The third-order valence-electron chi connectivity index (χ3n) is 8.63. The molecule has 9 nitrogen and oxygen atoms in total. The van der Waals surface area contributed by atoms with E-state index in [1.165, 1.54) is 26.1 Å². The second-order valence-electron chi connectivity index (χ2n) is 11.4. The first-order valence-electron chi connectivity index (χ1n) is 14.3. The van der Waals surface area contributed by atoms with E-state index >= 15 is 4.39 Å². The van der Waals surface area contributed by atoms with Crippen LogP contribution in [0, 0.1) is 18.3 Å². The fraction of sp³-hybridized carbons (Fsp3) is 0.406. The first-order chi connectivity index (χ1) is 21.0. The number of terminal acetylenes is 1. The quantitative estimate of drug-likeness (QED) is 0.271. The summed E-state index contributed by atoms with van der Waals surface area (Å²) in [5, 5.41) is 0.542. The minimum absolute atomic E-state index is 0.0219. The standard InChI is InChI=1S/C32H30F3N5O4/c1-5-20-12-23(32(35)10-11-39(19(4)42)15-17(32)2)31(36-14-20)43-21-13-24(18(3)41)40(16-21)30-27-26(37-29(38-30)28(33)34)22-8-6-7-9-25(22)44-27/h1,6-9,12,14,17,21,24,28H,10-11,13,15-16H2,2-4H3/t17-,21-,24-,32+/m0/s1. The fourth-order valence-electron chi connectivity index (χ4n) is 6.27. The summed E-state index contributed by atoms with van der Waals surface area (Å²) in [7, 11) is 0. The van der Waals surface area contributed by atoms with Crippen LogP contribution in [0.15, 0.2) is 40.9 Å². The van der Waals surface area contributed by atoms with Gasteiger partial charge >= 0.3 is 0 Å². The number of hydrogen-bond acceptors (Lipinski definition) is 8. The van der Waals surface area contributed by atoms with E-state index in [1.54, 1.807) is 41.0 Å². The van der Waals surface area contributed by atoms with Crippen molar-refractivity contribution in [3.05, 3.63) is 53.5 Å². The largest absolute Gasteiger partial charge is 0.472 e. The van der Waals surface area contributed by atoms with Gasteiger partial charge in [0.05, 0.1) is 18.2 Å². The number of pyridine rings is 1. The van der Waals surface area contributed by atoms with Crippen LogP contribution in [0.2, 0.25) is 0 Å². The van der Waals surface area contributed by atoms with Gasteiger partial charge in [-0.25, -0.2) is 28.1 Å². The van der Waals surface area contributed by atoms with Gasteiger partial charge in [0.1, 0.15) is 22.9 Å². The molecule has 2 saturated heterocycles. The number of aromatic nitrogens is 3. The van der Waals surface area contributed by atoms with Gasteiger partial charge in [0.2, 0.25) is 11.8 Å². The van der Waals surface area contributed by atoms with Gasteiger partial charge in [0.15, 0.2) is 23.0 Å². The maximum atomic E-state index is 16.8. The first kappa shape index (κ1) is 29.4. The van der Waals surface area contributed by atoms with Gasteiger partial charge < -0.3 is 19.0 Å². The number of alkyl halides is 3. The molecule has 6 rings (SSSR count). The number of benzene rings is 1. The number of anilines is 1. The van der Waals surface area contributed by atoms with Crippen molar-refractivity contribution in [1.82, 2.24) is 19.9 Å². The topological polar surface area (TPSA) is 102 Å². The van der Waals surface area contributed by atoms with Gasteiger partial charge in [-0.05, 0) is 25.1 Å². The van der Waals surface area contributed by atoms with E-state index in [0.717, 1.165) is 0 Å². The molecule has 1 aromatic carbocycles. The van der Waals surface area contributed by atoms with Gasteiger partial charge in [0.25, 0.3) is 6.43 Å². The summed E-state index contributed by atoms with van der Waals surface area (Å²) >= 11 is 0. The lowest BCUT2D eigenvalue weighted by Gasteiger charge is -2.41. The van der Waals surface area contributed by atoms with Crippen LogP contribution >= 0.6 is 0 Å². The van der Waals surface area contributed by atoms with Crippen LogP contribution in [0.5, 0.6) is 5.88 Å². The van der Waals surface area contributed by atoms with E-state index < -0.39 is 36.0 Å². The number of ether oxygens (including phenoxy) is 1. The number of Topliss-reactive ketones (excluding diaryl/α,β-unsaturated/α-hetero) is 1. The van der Waals surface area contributed by atoms with E-state index in [2.05, 4.69) is 20.9 Å². The second-order valence-corrected chi connectivity index (χ2v) is 11.4. The molecule has 12 heteroatoms. The molecule has 4 aromatic rings. The molecule has 1 amide bonds. The molecule has 0 spiro atoms. The smallest absolute Gasteiger partial charge is 0.297 e. The zero-order valence-electron chi connectivity index (χ0n) is 24.4. The van der Waals surface area contributed by atoms with Crippen LogP contribution in [0.3, 0.4) is 0 Å². The Kier molecular flexibility index (Phi) is 7.43. The Hall–Kier alpha value is -4.66. The SMILES string of the molecule is C#Cc1cnc(O[C@H]2C[C@@H](C(C)=O)N(c3nc(C(F)F)nc4c3oc3ccccc34)C2)c([C@@]2(F)CCN(C(C)=O)C[C@@H]2C)c1. The van der Waals surface area contributed by atoms with Gasteiger partial charge in [-0.1, -0.05) is 25.0 Å². The number of para-hydroxylation sites is 1. The Bertz CT molecular complexity index is 1820. The summed E-state index contributed by atoms with van der Waals surface area (Å²) in [5.41, 5.74) is -0.522. The number of ketones is 1. The fourth-order valence-corrected chi connectivity index (χ4v) is 6.27. The monoisotopic (exact) mass is 605 g/mol. The predicted octanol–water partition coefficient (Wildman–Crippen LogP) is 5.36. The molecule has 2 fully saturated rings. The third-order valence-corrected chi connectivity index (χ3v) is 8.63. The molecule has 2 aliphatic heterocycles. The Morgan fingerprint density at radius 1 is 1.20 bits per heavy atom. The lowest BCUT2D eigenvalue weighted by Crippen LogP contribution is -2.48. The molecule has 44 heavy (non-hydrogen) atoms. The van der Waals surface area contributed by atoms with Crippen LogP contribution in [-0.2, 0) is 15.3 Å². The van der Waals surface area contributed by atoms with Crippen LogP contribution < -0.4 is 9.64 Å². The summed E-state index contributed by atoms with van der Waals surface area (Å²) in [6.45, 7) is 5.05. The Morgan fingerprint density at radius 2 is 1.98 bits per heavy atom. The molecule has 2 aliphatic rings. The number of halogens is 3. The molecular weight excluding hydrogens is 575 g/mol. The average Bonchev–Trinajstić information content (AvgIpc) is 3.60. The average molecular weight is 606 g/mol. The number of fused-ring (bicyclic) bond motifs is 3. The highest BCUT2D eigenvalue weighted by Gasteiger charge is 2.47. The van der Waals surface area contributed by atoms with Crippen molar-refractivity contribution >= 4 is 39.6 Å². The summed E-state index contributed by atoms with van der Waals surface area (Å²) in [6, 6.07) is 7.66. The molecule has 0 aliphatic carbocycles. The lowest BCUT2D eigenvalue weighted by atomic mass is 9.78. The Balaban J connectivity index is 1.37. The predicted molar refractivity (Wildman–Crippen MR) is 156 cm³/mol. The maximum Gasteiger partial charge on any atom is 0.297 e. The molecule has 3 aromatic heterocycles. The highest BCUT2D eigenvalue weighted by atomic mass is 19.3. The van der Waals surface area contributed by atoms with Crippen molar-refractivity contribution in [3.63, 3.8) is 0 Å². The van der Waals surface area contributed by atoms with Gasteiger partial charge in [-0.2, -0.15) is 0 Å². The van der Waals surface area contributed by atoms with Gasteiger partial charge in [-0.15, -0.1) is 6.42 Å². The second kappa shape index (κ2) is 11.1. The summed E-state index contributed by atoms with van der Waals surface area (Å²) in [6.07, 6.45) is 3.56. The van der Waals surface area contributed by atoms with Crippen molar-refractivity contribution in [2.45, 2.75) is 57.9 Å². The number of carbonyl (C=O) groups is 2. The maximum absolute atomic E-state index is 16.8. The van der Waals surface area contributed by atoms with Crippen molar-refractivity contribution in [2.24, 2.45) is 5.92 Å². The molecule has 5 heterocycles. The lowest BCUT2D eigenvalue weighted by molar-refractivity contribution is -0.133. The molecule has 4 atom stereocenters. The van der Waals surface area contributed by atoms with Crippen molar-refractivity contribution in [2.75, 3.05) is 24.5 Å². The number of carbonyl (C=O) groups excluding carboxylic acids is 2. The molecule has 0 N–H and O–H groups in total. The molecule has 0 unspecified atom stereocenters. The number of piperidine rings is 1. The number of likely N-dealkylation sites (tertiary alicyclic amines) is 1. The molecule has 0 radical (unpaired) electrons. The molecule has 0 bridgehead atoms. The number of furan rings is 1. The number of hydrogen-bond donors (Lipinski definition) is 0. The van der Waals surface area contributed by atoms with Crippen LogP contribution in [-0.4, -0.2) is 63.3 Å². The number of nitrogens with zero attached hydrogens (tertiary/aromatic N) is 5. The minimum Gasteiger partial charge on any atom is -0.472 e. The van der Waals surface area contributed by atoms with Crippen molar-refractivity contribution in [1.29, 1.82) is 0 Å². The van der Waals surface area contributed by atoms with E-state index in [-0.39, 0.29) is 72.5 Å². The van der Waals surface area contributed by atoms with E-state index in [4.69, 9.17) is 15.6 Å². The van der Waals surface area contributed by atoms with Gasteiger partial charge in [-0.3, -0.25) is 9.59 Å². The third kappa shape index (κ3) is 5.00. The Labute approximate surface area is 251 Å². The molecular formula is C32H30F3N5O4. The van der Waals surface area contributed by atoms with Crippen LogP contribution in [0.4, 0.5) is 19.0 Å². The number of rotatable bonds is 6. The first-order valence-corrected chi connectivity index (χ1v) is 14.3. The zero-order chi connectivity index (χ0) is 31.3. The zero-order valence-corrected chi connectivity index (χ0v) is 24.4. The van der Waals surface area contributed by atoms with Crippen LogP contribution in [0.25, 0.3) is 22.1 Å². The highest BCUT2D eigenvalue weighted by molar-refractivity contribution is 6.06. The normalized spacial score (nSPS) is 23.8. The minimum atomic E-state index is -2.96. The van der Waals surface area contributed by atoms with E-state index in [0.29, 0.717) is 16.5 Å². The highest BCUT2D eigenvalue weighted by Crippen LogP contribution is 2.45. The van der Waals surface area contributed by atoms with E-state index in [9.17, 15) is 18.4 Å². The van der Waals surface area contributed by atoms with Crippen molar-refractivity contribution in [3.8, 4) is 18.2 Å².